The largest absolute Gasteiger partial charge is 0.480 e. The van der Waals surface area contributed by atoms with Gasteiger partial charge in [-0.1, -0.05) is 6.92 Å². The Balaban J connectivity index is 2.37. The number of fused-ring (bicyclic) bond motifs is 1. The van der Waals surface area contributed by atoms with Gasteiger partial charge in [-0.25, -0.2) is 9.50 Å². The van der Waals surface area contributed by atoms with E-state index in [1.165, 1.54) is 21.9 Å². The number of carboxylic acid groups (broad SMARTS) is 1. The molecule has 2 aromatic heterocycles. The summed E-state index contributed by atoms with van der Waals surface area (Å²) in [5.41, 5.74) is 0.918. The van der Waals surface area contributed by atoms with E-state index in [0.29, 0.717) is 30.0 Å². The van der Waals surface area contributed by atoms with E-state index in [1.54, 1.807) is 6.92 Å². The molecule has 0 bridgehead atoms. The van der Waals surface area contributed by atoms with E-state index < -0.39 is 5.97 Å². The zero-order valence-electron chi connectivity index (χ0n) is 11.3. The number of carbonyl (C=O) groups is 2. The highest BCUT2D eigenvalue weighted by Crippen LogP contribution is 2.11. The Bertz CT molecular complexity index is 652. The molecule has 0 saturated carbocycles. The van der Waals surface area contributed by atoms with Gasteiger partial charge in [-0.15, -0.1) is 0 Å². The minimum atomic E-state index is -1.04. The number of aryl methyl sites for hydroxylation is 1. The van der Waals surface area contributed by atoms with Gasteiger partial charge in [-0.3, -0.25) is 9.59 Å². The van der Waals surface area contributed by atoms with Crippen molar-refractivity contribution in [3.8, 4) is 0 Å². The van der Waals surface area contributed by atoms with Crippen molar-refractivity contribution in [3.05, 3.63) is 23.8 Å². The zero-order chi connectivity index (χ0) is 14.7. The van der Waals surface area contributed by atoms with Gasteiger partial charge in [0.05, 0.1) is 11.3 Å². The van der Waals surface area contributed by atoms with Crippen molar-refractivity contribution >= 4 is 17.7 Å². The summed E-state index contributed by atoms with van der Waals surface area (Å²) in [4.78, 5) is 32.5. The number of rotatable bonds is 5. The monoisotopic (exact) mass is 277 g/mol. The van der Waals surface area contributed by atoms with Crippen LogP contribution < -0.4 is 0 Å². The summed E-state index contributed by atoms with van der Waals surface area (Å²) in [5.74, 6) is -1.00. The van der Waals surface area contributed by atoms with Gasteiger partial charge in [0.2, 0.25) is 0 Å². The van der Waals surface area contributed by atoms with Crippen molar-refractivity contribution in [1.29, 1.82) is 0 Å². The van der Waals surface area contributed by atoms with E-state index in [2.05, 4.69) is 15.1 Å². The average molecular weight is 277 g/mol. The normalized spacial score (nSPS) is 10.7. The molecule has 0 spiro atoms. The lowest BCUT2D eigenvalue weighted by Gasteiger charge is -2.20. The number of aliphatic carboxylic acids is 1. The lowest BCUT2D eigenvalue weighted by atomic mass is 10.2. The third kappa shape index (κ3) is 2.58. The molecule has 8 heteroatoms. The second-order valence-electron chi connectivity index (χ2n) is 4.35. The SMILES string of the molecule is CCCN(CC(=O)O)C(=O)c1cnc2ncnn2c1C. The predicted octanol–water partition coefficient (Wildman–Crippen LogP) is 0.370. The molecule has 8 nitrogen and oxygen atoms in total. The lowest BCUT2D eigenvalue weighted by Crippen LogP contribution is -2.37. The van der Waals surface area contributed by atoms with Gasteiger partial charge in [0.1, 0.15) is 12.9 Å². The summed E-state index contributed by atoms with van der Waals surface area (Å²) >= 11 is 0. The zero-order valence-corrected chi connectivity index (χ0v) is 11.3. The van der Waals surface area contributed by atoms with Gasteiger partial charge in [0, 0.05) is 12.7 Å². The third-order valence-corrected chi connectivity index (χ3v) is 2.88. The first-order chi connectivity index (χ1) is 9.54. The van der Waals surface area contributed by atoms with Crippen LogP contribution in [-0.2, 0) is 4.79 Å². The van der Waals surface area contributed by atoms with Crippen LogP contribution >= 0.6 is 0 Å². The maximum Gasteiger partial charge on any atom is 0.323 e. The Hall–Kier alpha value is -2.51. The number of carbonyl (C=O) groups excluding carboxylic acids is 1. The van der Waals surface area contributed by atoms with E-state index in [-0.39, 0.29) is 12.5 Å². The molecule has 2 rings (SSSR count). The number of carboxylic acids is 1. The fraction of sp³-hybridized carbons (Fsp3) is 0.417. The molecule has 0 aliphatic carbocycles. The van der Waals surface area contributed by atoms with Crippen LogP contribution in [0.4, 0.5) is 0 Å². The second kappa shape index (κ2) is 5.64. The summed E-state index contributed by atoms with van der Waals surface area (Å²) in [7, 11) is 0. The Kier molecular flexibility index (Phi) is 3.92. The number of hydrogen-bond donors (Lipinski definition) is 1. The third-order valence-electron chi connectivity index (χ3n) is 2.88. The maximum atomic E-state index is 12.4. The molecule has 0 radical (unpaired) electrons. The van der Waals surface area contributed by atoms with Gasteiger partial charge in [0.25, 0.3) is 11.7 Å². The van der Waals surface area contributed by atoms with Crippen LogP contribution in [0.5, 0.6) is 0 Å². The standard InChI is InChI=1S/C12H15N5O3/c1-3-4-16(6-10(18)19)11(20)9-5-13-12-14-7-15-17(12)8(9)2/h5,7H,3-4,6H2,1-2H3,(H,18,19). The van der Waals surface area contributed by atoms with E-state index in [1.807, 2.05) is 6.92 Å². The Morgan fingerprint density at radius 2 is 2.15 bits per heavy atom. The van der Waals surface area contributed by atoms with E-state index in [4.69, 9.17) is 5.11 Å². The van der Waals surface area contributed by atoms with Crippen LogP contribution in [0, 0.1) is 6.92 Å². The molecule has 2 heterocycles. The van der Waals surface area contributed by atoms with Gasteiger partial charge in [-0.2, -0.15) is 10.1 Å². The van der Waals surface area contributed by atoms with Crippen molar-refractivity contribution in [2.24, 2.45) is 0 Å². The molecule has 0 fully saturated rings. The van der Waals surface area contributed by atoms with Gasteiger partial charge < -0.3 is 10.0 Å². The molecule has 20 heavy (non-hydrogen) atoms. The highest BCUT2D eigenvalue weighted by molar-refractivity contribution is 5.96. The van der Waals surface area contributed by atoms with Crippen molar-refractivity contribution in [2.75, 3.05) is 13.1 Å². The molecule has 0 aliphatic heterocycles. The summed E-state index contributed by atoms with van der Waals surface area (Å²) in [6, 6.07) is 0. The number of nitrogens with zero attached hydrogens (tertiary/aromatic N) is 5. The van der Waals surface area contributed by atoms with Crippen LogP contribution in [0.2, 0.25) is 0 Å². The lowest BCUT2D eigenvalue weighted by molar-refractivity contribution is -0.137. The first-order valence-corrected chi connectivity index (χ1v) is 6.21. The second-order valence-corrected chi connectivity index (χ2v) is 4.35. The van der Waals surface area contributed by atoms with Crippen LogP contribution in [0.3, 0.4) is 0 Å². The van der Waals surface area contributed by atoms with Crippen LogP contribution in [0.15, 0.2) is 12.5 Å². The van der Waals surface area contributed by atoms with Crippen molar-refractivity contribution in [3.63, 3.8) is 0 Å². The highest BCUT2D eigenvalue weighted by Gasteiger charge is 2.21. The van der Waals surface area contributed by atoms with Gasteiger partial charge in [-0.05, 0) is 13.3 Å². The molecule has 1 N–H and O–H groups in total. The van der Waals surface area contributed by atoms with Gasteiger partial charge >= 0.3 is 5.97 Å². The molecule has 1 amide bonds. The van der Waals surface area contributed by atoms with Crippen molar-refractivity contribution in [1.82, 2.24) is 24.5 Å². The fourth-order valence-corrected chi connectivity index (χ4v) is 1.96. The average Bonchev–Trinajstić information content (AvgIpc) is 2.87. The Labute approximate surface area is 115 Å². The fourth-order valence-electron chi connectivity index (χ4n) is 1.96. The van der Waals surface area contributed by atoms with Crippen LogP contribution in [0.25, 0.3) is 5.78 Å². The maximum absolute atomic E-state index is 12.4. The van der Waals surface area contributed by atoms with E-state index >= 15 is 0 Å². The number of amides is 1. The molecule has 0 atom stereocenters. The van der Waals surface area contributed by atoms with Crippen LogP contribution in [0.1, 0.15) is 29.4 Å². The van der Waals surface area contributed by atoms with E-state index in [0.717, 1.165) is 0 Å². The summed E-state index contributed by atoms with van der Waals surface area (Å²) in [5, 5.41) is 12.9. The Morgan fingerprint density at radius 1 is 1.40 bits per heavy atom. The summed E-state index contributed by atoms with van der Waals surface area (Å²) in [6.07, 6.45) is 3.44. The topological polar surface area (TPSA) is 101 Å². The minimum absolute atomic E-state index is 0.331. The van der Waals surface area contributed by atoms with E-state index in [9.17, 15) is 9.59 Å². The Morgan fingerprint density at radius 3 is 2.80 bits per heavy atom. The molecular formula is C12H15N5O3. The molecule has 106 valence electrons. The minimum Gasteiger partial charge on any atom is -0.480 e. The predicted molar refractivity (Wildman–Crippen MR) is 69.3 cm³/mol. The number of aromatic nitrogens is 4. The first-order valence-electron chi connectivity index (χ1n) is 6.21. The molecular weight excluding hydrogens is 262 g/mol. The van der Waals surface area contributed by atoms with Crippen molar-refractivity contribution < 1.29 is 14.7 Å². The van der Waals surface area contributed by atoms with Crippen LogP contribution in [-0.4, -0.2) is 54.6 Å². The van der Waals surface area contributed by atoms with Crippen molar-refractivity contribution in [2.45, 2.75) is 20.3 Å². The highest BCUT2D eigenvalue weighted by atomic mass is 16.4. The number of hydrogen-bond acceptors (Lipinski definition) is 5. The molecule has 0 unspecified atom stereocenters. The molecule has 0 aliphatic rings. The first kappa shape index (κ1) is 13.9. The van der Waals surface area contributed by atoms with Gasteiger partial charge in [0.15, 0.2) is 0 Å². The quantitative estimate of drug-likeness (QED) is 0.847. The summed E-state index contributed by atoms with van der Waals surface area (Å²) < 4.78 is 1.46. The molecule has 2 aromatic rings. The molecule has 0 saturated heterocycles. The molecule has 0 aromatic carbocycles. The summed E-state index contributed by atoms with van der Waals surface area (Å²) in [6.45, 7) is 3.65. The smallest absolute Gasteiger partial charge is 0.323 e.